The molecule has 0 radical (unpaired) electrons. The standard InChI is InChI=1S/C21H25ClF3N3O7S/c1-33-9-10-34-8-7-17(35-19-18(22)11-16(12-26-19)21(23,24)25)13-27-36(31,32)28(20(29)30)14-15-5-3-2-4-6-15/h2-6,11-12,17,27H,7-10,13-14H2,1H3,(H,29,30). The largest absolute Gasteiger partial charge is 0.472 e. The fourth-order valence-electron chi connectivity index (χ4n) is 2.77. The first-order valence-electron chi connectivity index (χ1n) is 10.4. The number of benzene rings is 1. The van der Waals surface area contributed by atoms with E-state index in [0.29, 0.717) is 24.4 Å². The highest BCUT2D eigenvalue weighted by atomic mass is 35.5. The maximum absolute atomic E-state index is 12.9. The first kappa shape index (κ1) is 29.6. The molecule has 1 atom stereocenters. The highest BCUT2D eigenvalue weighted by molar-refractivity contribution is 7.87. The Morgan fingerprint density at radius 3 is 2.50 bits per heavy atom. The van der Waals surface area contributed by atoms with Gasteiger partial charge in [-0.2, -0.15) is 30.6 Å². The van der Waals surface area contributed by atoms with Crippen molar-refractivity contribution >= 4 is 27.9 Å². The predicted molar refractivity (Wildman–Crippen MR) is 123 cm³/mol. The summed E-state index contributed by atoms with van der Waals surface area (Å²) in [6, 6.07) is 8.71. The lowest BCUT2D eigenvalue weighted by atomic mass is 10.2. The number of ether oxygens (including phenoxy) is 3. The number of rotatable bonds is 14. The van der Waals surface area contributed by atoms with Gasteiger partial charge in [-0.1, -0.05) is 41.9 Å². The van der Waals surface area contributed by atoms with E-state index in [1.807, 2.05) is 0 Å². The van der Waals surface area contributed by atoms with Gasteiger partial charge in [0.2, 0.25) is 5.88 Å². The second kappa shape index (κ2) is 13.6. The molecule has 0 bridgehead atoms. The van der Waals surface area contributed by atoms with Crippen LogP contribution in [-0.2, 0) is 32.4 Å². The number of aromatic nitrogens is 1. The summed E-state index contributed by atoms with van der Waals surface area (Å²) in [4.78, 5) is 15.2. The summed E-state index contributed by atoms with van der Waals surface area (Å²) in [6.45, 7) is -0.284. The van der Waals surface area contributed by atoms with E-state index in [1.165, 1.54) is 7.11 Å². The predicted octanol–water partition coefficient (Wildman–Crippen LogP) is 3.57. The summed E-state index contributed by atoms with van der Waals surface area (Å²) in [7, 11) is -3.06. The van der Waals surface area contributed by atoms with Crippen molar-refractivity contribution in [3.05, 3.63) is 58.7 Å². The van der Waals surface area contributed by atoms with Crippen LogP contribution in [0.4, 0.5) is 18.0 Å². The van der Waals surface area contributed by atoms with Crippen molar-refractivity contribution in [1.29, 1.82) is 0 Å². The van der Waals surface area contributed by atoms with Crippen LogP contribution in [0.15, 0.2) is 42.6 Å². The molecular formula is C21H25ClF3N3O7S. The Balaban J connectivity index is 2.15. The summed E-state index contributed by atoms with van der Waals surface area (Å²) in [5.41, 5.74) is -0.650. The van der Waals surface area contributed by atoms with Crippen LogP contribution in [0.5, 0.6) is 5.88 Å². The maximum atomic E-state index is 12.9. The van der Waals surface area contributed by atoms with Gasteiger partial charge in [-0.05, 0) is 11.6 Å². The first-order chi connectivity index (χ1) is 16.9. The normalized spacial score (nSPS) is 12.8. The fraction of sp³-hybridized carbons (Fsp3) is 0.429. The number of hydrogen-bond donors (Lipinski definition) is 2. The zero-order chi connectivity index (χ0) is 26.8. The van der Waals surface area contributed by atoms with Crippen LogP contribution in [0.1, 0.15) is 17.5 Å². The van der Waals surface area contributed by atoms with Gasteiger partial charge in [0.25, 0.3) is 0 Å². The molecule has 15 heteroatoms. The minimum atomic E-state index is -4.67. The average molecular weight is 556 g/mol. The maximum Gasteiger partial charge on any atom is 0.422 e. The molecule has 1 heterocycles. The quantitative estimate of drug-likeness (QED) is 0.339. The van der Waals surface area contributed by atoms with Crippen LogP contribution in [0.3, 0.4) is 0 Å². The summed E-state index contributed by atoms with van der Waals surface area (Å²) < 4.78 is 82.3. The van der Waals surface area contributed by atoms with Crippen LogP contribution < -0.4 is 9.46 Å². The third-order valence-electron chi connectivity index (χ3n) is 4.59. The van der Waals surface area contributed by atoms with Gasteiger partial charge in [-0.3, -0.25) is 0 Å². The number of amides is 1. The second-order valence-corrected chi connectivity index (χ2v) is 9.36. The summed E-state index contributed by atoms with van der Waals surface area (Å²) in [5, 5.41) is 9.01. The molecule has 0 spiro atoms. The van der Waals surface area contributed by atoms with E-state index in [2.05, 4.69) is 9.71 Å². The number of carbonyl (C=O) groups is 1. The lowest BCUT2D eigenvalue weighted by Gasteiger charge is -2.23. The van der Waals surface area contributed by atoms with Gasteiger partial charge in [0.05, 0.1) is 31.9 Å². The highest BCUT2D eigenvalue weighted by Gasteiger charge is 2.32. The Bertz CT molecular complexity index is 1090. The molecule has 0 fully saturated rings. The molecule has 0 aliphatic rings. The molecule has 1 unspecified atom stereocenters. The van der Waals surface area contributed by atoms with Crippen molar-refractivity contribution in [3.63, 3.8) is 0 Å². The van der Waals surface area contributed by atoms with E-state index in [1.54, 1.807) is 30.3 Å². The Hall–Kier alpha value is -2.65. The van der Waals surface area contributed by atoms with E-state index in [0.717, 1.165) is 0 Å². The monoisotopic (exact) mass is 555 g/mol. The molecule has 0 aliphatic heterocycles. The molecule has 2 N–H and O–H groups in total. The summed E-state index contributed by atoms with van der Waals surface area (Å²) in [5.74, 6) is -0.356. The molecule has 0 saturated heterocycles. The third-order valence-corrected chi connectivity index (χ3v) is 6.26. The molecule has 1 aromatic carbocycles. The topological polar surface area (TPSA) is 127 Å². The van der Waals surface area contributed by atoms with Crippen LogP contribution in [0.25, 0.3) is 0 Å². The lowest BCUT2D eigenvalue weighted by molar-refractivity contribution is -0.137. The molecule has 10 nitrogen and oxygen atoms in total. The molecule has 36 heavy (non-hydrogen) atoms. The van der Waals surface area contributed by atoms with Gasteiger partial charge in [0, 0.05) is 26.3 Å². The number of alkyl halides is 3. The molecule has 2 rings (SSSR count). The van der Waals surface area contributed by atoms with E-state index in [-0.39, 0.29) is 29.8 Å². The van der Waals surface area contributed by atoms with Gasteiger partial charge in [0.15, 0.2) is 0 Å². The Morgan fingerprint density at radius 1 is 1.22 bits per heavy atom. The van der Waals surface area contributed by atoms with Crippen LogP contribution >= 0.6 is 11.6 Å². The van der Waals surface area contributed by atoms with Gasteiger partial charge in [-0.15, -0.1) is 0 Å². The zero-order valence-electron chi connectivity index (χ0n) is 19.1. The van der Waals surface area contributed by atoms with Gasteiger partial charge in [-0.25, -0.2) is 9.78 Å². The van der Waals surface area contributed by atoms with E-state index >= 15 is 0 Å². The molecule has 1 amide bonds. The van der Waals surface area contributed by atoms with Gasteiger partial charge < -0.3 is 19.3 Å². The fourth-order valence-corrected chi connectivity index (χ4v) is 4.06. The molecule has 0 aliphatic carbocycles. The van der Waals surface area contributed by atoms with Crippen LogP contribution in [0, 0.1) is 0 Å². The third kappa shape index (κ3) is 9.43. The summed E-state index contributed by atoms with van der Waals surface area (Å²) in [6.07, 6.45) is -6.80. The minimum absolute atomic E-state index is 0.0665. The molecule has 2 aromatic rings. The number of methoxy groups -OCH3 is 1. The second-order valence-electron chi connectivity index (χ2n) is 7.27. The molecule has 0 saturated carbocycles. The Labute approximate surface area is 211 Å². The Morgan fingerprint density at radius 2 is 1.92 bits per heavy atom. The summed E-state index contributed by atoms with van der Waals surface area (Å²) >= 11 is 5.89. The number of nitrogens with one attached hydrogen (secondary N) is 1. The highest BCUT2D eigenvalue weighted by Crippen LogP contribution is 2.33. The van der Waals surface area contributed by atoms with Crippen molar-refractivity contribution in [1.82, 2.24) is 14.0 Å². The number of carboxylic acid groups (broad SMARTS) is 1. The van der Waals surface area contributed by atoms with E-state index in [9.17, 15) is 31.5 Å². The minimum Gasteiger partial charge on any atom is -0.472 e. The Kier molecular flexibility index (Phi) is 11.2. The number of hydrogen-bond acceptors (Lipinski definition) is 7. The van der Waals surface area contributed by atoms with Crippen molar-refractivity contribution in [3.8, 4) is 5.88 Å². The number of halogens is 4. The molecule has 1 aromatic heterocycles. The first-order valence-corrected chi connectivity index (χ1v) is 12.3. The van der Waals surface area contributed by atoms with Crippen molar-refractivity contribution < 1.29 is 45.7 Å². The van der Waals surface area contributed by atoms with Crippen LogP contribution in [-0.4, -0.2) is 68.5 Å². The lowest BCUT2D eigenvalue weighted by Crippen LogP contribution is -2.46. The van der Waals surface area contributed by atoms with E-state index in [4.69, 9.17) is 25.8 Å². The number of pyridine rings is 1. The molecule has 200 valence electrons. The van der Waals surface area contributed by atoms with E-state index < -0.39 is 52.3 Å². The van der Waals surface area contributed by atoms with Crippen molar-refractivity contribution in [2.24, 2.45) is 0 Å². The average Bonchev–Trinajstić information content (AvgIpc) is 2.81. The van der Waals surface area contributed by atoms with Gasteiger partial charge >= 0.3 is 22.5 Å². The smallest absolute Gasteiger partial charge is 0.422 e. The number of nitrogens with zero attached hydrogens (tertiary/aromatic N) is 2. The van der Waals surface area contributed by atoms with Crippen LogP contribution in [0.2, 0.25) is 5.02 Å². The molecular weight excluding hydrogens is 531 g/mol. The zero-order valence-corrected chi connectivity index (χ0v) is 20.6. The SMILES string of the molecule is COCCOCCC(CNS(=O)(=O)N(Cc1ccccc1)C(=O)O)Oc1ncc(C(F)(F)F)cc1Cl. The van der Waals surface area contributed by atoms with Crippen molar-refractivity contribution in [2.75, 3.05) is 33.5 Å². The van der Waals surface area contributed by atoms with Crippen molar-refractivity contribution in [2.45, 2.75) is 25.2 Å². The van der Waals surface area contributed by atoms with Gasteiger partial charge in [0.1, 0.15) is 11.1 Å².